The Labute approximate surface area is 102 Å². The number of rotatable bonds is 5. The molecular formula is C13H21NO3. The van der Waals surface area contributed by atoms with E-state index < -0.39 is 12.0 Å². The molecule has 2 bridgehead atoms. The molecule has 2 aliphatic rings. The van der Waals surface area contributed by atoms with E-state index in [0.29, 0.717) is 18.3 Å². The molecule has 96 valence electrons. The highest BCUT2D eigenvalue weighted by Gasteiger charge is 2.43. The van der Waals surface area contributed by atoms with Crippen molar-refractivity contribution in [2.75, 3.05) is 0 Å². The highest BCUT2D eigenvalue weighted by atomic mass is 16.4. The standard InChI is InChI=1S/C13H21NO3/c1-2-3-11(13(16)17)14-12(15)10-7-8-4-5-9(10)6-8/h8-11H,2-7H2,1H3,(H,14,15)(H,16,17). The molecule has 0 saturated heterocycles. The fourth-order valence-corrected chi connectivity index (χ4v) is 3.39. The maximum Gasteiger partial charge on any atom is 0.326 e. The summed E-state index contributed by atoms with van der Waals surface area (Å²) in [5, 5.41) is 11.7. The molecule has 4 unspecified atom stereocenters. The minimum Gasteiger partial charge on any atom is -0.480 e. The summed E-state index contributed by atoms with van der Waals surface area (Å²) in [6.45, 7) is 1.93. The number of carboxylic acids is 1. The maximum absolute atomic E-state index is 12.1. The lowest BCUT2D eigenvalue weighted by Gasteiger charge is -2.23. The molecule has 0 aromatic rings. The molecule has 2 saturated carbocycles. The smallest absolute Gasteiger partial charge is 0.326 e. The summed E-state index contributed by atoms with van der Waals surface area (Å²) in [7, 11) is 0. The number of carboxylic acid groups (broad SMARTS) is 1. The highest BCUT2D eigenvalue weighted by Crippen LogP contribution is 2.48. The van der Waals surface area contributed by atoms with Crippen molar-refractivity contribution in [3.63, 3.8) is 0 Å². The van der Waals surface area contributed by atoms with Crippen molar-refractivity contribution in [1.82, 2.24) is 5.32 Å². The van der Waals surface area contributed by atoms with Gasteiger partial charge in [-0.1, -0.05) is 19.8 Å². The summed E-state index contributed by atoms with van der Waals surface area (Å²) in [5.41, 5.74) is 0. The van der Waals surface area contributed by atoms with Crippen molar-refractivity contribution in [3.8, 4) is 0 Å². The molecule has 2 N–H and O–H groups in total. The van der Waals surface area contributed by atoms with E-state index in [1.807, 2.05) is 6.92 Å². The first-order chi connectivity index (χ1) is 8.11. The Balaban J connectivity index is 1.89. The number of carbonyl (C=O) groups is 2. The zero-order valence-corrected chi connectivity index (χ0v) is 10.3. The van der Waals surface area contributed by atoms with Crippen LogP contribution in [-0.2, 0) is 9.59 Å². The molecule has 0 aromatic carbocycles. The molecule has 2 rings (SSSR count). The lowest BCUT2D eigenvalue weighted by atomic mass is 9.88. The van der Waals surface area contributed by atoms with E-state index in [-0.39, 0.29) is 11.8 Å². The first-order valence-electron chi connectivity index (χ1n) is 6.65. The van der Waals surface area contributed by atoms with Gasteiger partial charge in [-0.3, -0.25) is 4.79 Å². The summed E-state index contributed by atoms with van der Waals surface area (Å²) in [6, 6.07) is -0.702. The van der Waals surface area contributed by atoms with Crippen molar-refractivity contribution in [2.45, 2.75) is 51.5 Å². The predicted octanol–water partition coefficient (Wildman–Crippen LogP) is 1.79. The second-order valence-corrected chi connectivity index (χ2v) is 5.47. The van der Waals surface area contributed by atoms with Crippen molar-refractivity contribution >= 4 is 11.9 Å². The van der Waals surface area contributed by atoms with Gasteiger partial charge in [0.1, 0.15) is 6.04 Å². The van der Waals surface area contributed by atoms with E-state index in [1.54, 1.807) is 0 Å². The summed E-state index contributed by atoms with van der Waals surface area (Å²) < 4.78 is 0. The molecule has 0 heterocycles. The van der Waals surface area contributed by atoms with Gasteiger partial charge in [0.15, 0.2) is 0 Å². The average molecular weight is 239 g/mol. The van der Waals surface area contributed by atoms with Gasteiger partial charge in [0.2, 0.25) is 5.91 Å². The number of amides is 1. The predicted molar refractivity (Wildman–Crippen MR) is 63.4 cm³/mol. The minimum atomic E-state index is -0.914. The maximum atomic E-state index is 12.1. The molecule has 2 fully saturated rings. The van der Waals surface area contributed by atoms with E-state index >= 15 is 0 Å². The zero-order valence-electron chi connectivity index (χ0n) is 10.3. The summed E-state index contributed by atoms with van der Waals surface area (Å²) >= 11 is 0. The second-order valence-electron chi connectivity index (χ2n) is 5.47. The number of aliphatic carboxylic acids is 1. The van der Waals surface area contributed by atoms with Crippen LogP contribution < -0.4 is 5.32 Å². The Morgan fingerprint density at radius 3 is 2.59 bits per heavy atom. The fourth-order valence-electron chi connectivity index (χ4n) is 3.39. The number of hydrogen-bond acceptors (Lipinski definition) is 2. The Morgan fingerprint density at radius 2 is 2.12 bits per heavy atom. The third kappa shape index (κ3) is 2.61. The molecular weight excluding hydrogens is 218 g/mol. The van der Waals surface area contributed by atoms with Gasteiger partial charge in [0.05, 0.1) is 0 Å². The van der Waals surface area contributed by atoms with Crippen LogP contribution in [0, 0.1) is 17.8 Å². The summed E-state index contributed by atoms with van der Waals surface area (Å²) in [4.78, 5) is 23.0. The molecule has 17 heavy (non-hydrogen) atoms. The van der Waals surface area contributed by atoms with Crippen molar-refractivity contribution in [3.05, 3.63) is 0 Å². The zero-order chi connectivity index (χ0) is 12.4. The van der Waals surface area contributed by atoms with Crippen LogP contribution in [0.2, 0.25) is 0 Å². The number of carbonyl (C=O) groups excluding carboxylic acids is 1. The first kappa shape index (κ1) is 12.4. The van der Waals surface area contributed by atoms with Gasteiger partial charge in [-0.2, -0.15) is 0 Å². The van der Waals surface area contributed by atoms with Gasteiger partial charge in [0, 0.05) is 5.92 Å². The first-order valence-corrected chi connectivity index (χ1v) is 6.65. The minimum absolute atomic E-state index is 0.0296. The third-order valence-electron chi connectivity index (χ3n) is 4.27. The number of hydrogen-bond donors (Lipinski definition) is 2. The molecule has 0 radical (unpaired) electrons. The quantitative estimate of drug-likeness (QED) is 0.768. The normalized spacial score (nSPS) is 32.4. The van der Waals surface area contributed by atoms with Crippen LogP contribution in [0.25, 0.3) is 0 Å². The lowest BCUT2D eigenvalue weighted by Crippen LogP contribution is -2.44. The van der Waals surface area contributed by atoms with Crippen molar-refractivity contribution in [1.29, 1.82) is 0 Å². The van der Waals surface area contributed by atoms with Gasteiger partial charge >= 0.3 is 5.97 Å². The second kappa shape index (κ2) is 5.07. The van der Waals surface area contributed by atoms with Gasteiger partial charge in [-0.05, 0) is 37.5 Å². The molecule has 0 aromatic heterocycles. The number of fused-ring (bicyclic) bond motifs is 2. The van der Waals surface area contributed by atoms with Crippen LogP contribution in [0.3, 0.4) is 0 Å². The van der Waals surface area contributed by atoms with Crippen LogP contribution >= 0.6 is 0 Å². The molecule has 0 spiro atoms. The van der Waals surface area contributed by atoms with Gasteiger partial charge < -0.3 is 10.4 Å². The van der Waals surface area contributed by atoms with Crippen LogP contribution in [0.1, 0.15) is 45.4 Å². The van der Waals surface area contributed by atoms with E-state index in [2.05, 4.69) is 5.32 Å². The average Bonchev–Trinajstić information content (AvgIpc) is 2.89. The SMILES string of the molecule is CCCC(NC(=O)C1CC2CCC1C2)C(=O)O. The molecule has 4 atom stereocenters. The summed E-state index contributed by atoms with van der Waals surface area (Å²) in [5.74, 6) is 0.357. The van der Waals surface area contributed by atoms with Gasteiger partial charge in [0.25, 0.3) is 0 Å². The Kier molecular flexibility index (Phi) is 3.69. The highest BCUT2D eigenvalue weighted by molar-refractivity contribution is 5.85. The monoisotopic (exact) mass is 239 g/mol. The Hall–Kier alpha value is -1.06. The summed E-state index contributed by atoms with van der Waals surface area (Å²) in [6.07, 6.45) is 5.83. The van der Waals surface area contributed by atoms with E-state index in [4.69, 9.17) is 5.11 Å². The third-order valence-corrected chi connectivity index (χ3v) is 4.27. The van der Waals surface area contributed by atoms with Crippen LogP contribution in [0.4, 0.5) is 0 Å². The number of nitrogens with one attached hydrogen (secondary N) is 1. The topological polar surface area (TPSA) is 66.4 Å². The fraction of sp³-hybridized carbons (Fsp3) is 0.846. The van der Waals surface area contributed by atoms with Crippen molar-refractivity contribution < 1.29 is 14.7 Å². The molecule has 1 amide bonds. The van der Waals surface area contributed by atoms with E-state index in [0.717, 1.165) is 19.3 Å². The van der Waals surface area contributed by atoms with Crippen LogP contribution in [-0.4, -0.2) is 23.0 Å². The van der Waals surface area contributed by atoms with Gasteiger partial charge in [-0.15, -0.1) is 0 Å². The van der Waals surface area contributed by atoms with Crippen molar-refractivity contribution in [2.24, 2.45) is 17.8 Å². The van der Waals surface area contributed by atoms with Crippen LogP contribution in [0.15, 0.2) is 0 Å². The van der Waals surface area contributed by atoms with Gasteiger partial charge in [-0.25, -0.2) is 4.79 Å². The molecule has 0 aliphatic heterocycles. The van der Waals surface area contributed by atoms with Crippen LogP contribution in [0.5, 0.6) is 0 Å². The lowest BCUT2D eigenvalue weighted by molar-refractivity contribution is -0.143. The molecule has 4 nitrogen and oxygen atoms in total. The van der Waals surface area contributed by atoms with E-state index in [9.17, 15) is 9.59 Å². The Morgan fingerprint density at radius 1 is 1.35 bits per heavy atom. The Bertz CT molecular complexity index is 316. The molecule has 4 heteroatoms. The van der Waals surface area contributed by atoms with E-state index in [1.165, 1.54) is 12.8 Å². The largest absolute Gasteiger partial charge is 0.480 e. The molecule has 2 aliphatic carbocycles.